The second-order valence-electron chi connectivity index (χ2n) is 2.79. The van der Waals surface area contributed by atoms with Gasteiger partial charge in [-0.25, -0.2) is 4.98 Å². The highest BCUT2D eigenvalue weighted by Crippen LogP contribution is 2.27. The maximum Gasteiger partial charge on any atom is 0.208 e. The Labute approximate surface area is 110 Å². The van der Waals surface area contributed by atoms with Crippen molar-refractivity contribution in [3.05, 3.63) is 26.8 Å². The lowest BCUT2D eigenvalue weighted by Crippen LogP contribution is -1.83. The molecule has 0 amide bonds. The van der Waals surface area contributed by atoms with E-state index >= 15 is 0 Å². The second-order valence-corrected chi connectivity index (χ2v) is 5.22. The minimum atomic E-state index is 0.686. The Balaban J connectivity index is 2.44. The molecule has 0 aliphatic carbocycles. The molecule has 0 atom stereocenters. The fourth-order valence-corrected chi connectivity index (χ4v) is 2.40. The lowest BCUT2D eigenvalue weighted by molar-refractivity contribution is 0.976. The van der Waals surface area contributed by atoms with Crippen LogP contribution in [0.3, 0.4) is 0 Å². The molecule has 0 aliphatic heterocycles. The largest absolute Gasteiger partial charge is 0.258 e. The molecular weight excluding hydrogens is 345 g/mol. The van der Waals surface area contributed by atoms with Crippen LogP contribution in [0.2, 0.25) is 5.02 Å². The topological polar surface area (TPSA) is 41.6 Å². The first kappa shape index (κ1) is 11.2. The van der Waals surface area contributed by atoms with Crippen molar-refractivity contribution in [2.24, 2.45) is 0 Å². The Morgan fingerprint density at radius 1 is 1.47 bits per heavy atom. The van der Waals surface area contributed by atoms with Crippen LogP contribution >= 0.6 is 46.0 Å². The second kappa shape index (κ2) is 4.71. The van der Waals surface area contributed by atoms with Gasteiger partial charge in [-0.1, -0.05) is 23.4 Å². The summed E-state index contributed by atoms with van der Waals surface area (Å²) in [4.78, 5) is 4.30. The quantitative estimate of drug-likeness (QED) is 0.665. The van der Waals surface area contributed by atoms with Crippen molar-refractivity contribution in [1.82, 2.24) is 15.2 Å². The summed E-state index contributed by atoms with van der Waals surface area (Å²) in [6, 6.07) is 5.83. The van der Waals surface area contributed by atoms with Gasteiger partial charge in [0.15, 0.2) is 5.82 Å². The average Bonchev–Trinajstić information content (AvgIpc) is 2.66. The molecule has 0 saturated carbocycles. The predicted molar refractivity (Wildman–Crippen MR) is 71.3 cm³/mol. The van der Waals surface area contributed by atoms with Gasteiger partial charge < -0.3 is 0 Å². The summed E-state index contributed by atoms with van der Waals surface area (Å²) in [6.07, 6.45) is 1.93. The van der Waals surface area contributed by atoms with Crippen molar-refractivity contribution in [2.75, 3.05) is 6.26 Å². The number of nitrogens with one attached hydrogen (secondary N) is 1. The molecule has 0 bridgehead atoms. The van der Waals surface area contributed by atoms with Crippen LogP contribution in [-0.4, -0.2) is 21.4 Å². The molecule has 0 spiro atoms. The van der Waals surface area contributed by atoms with E-state index in [1.54, 1.807) is 0 Å². The highest BCUT2D eigenvalue weighted by molar-refractivity contribution is 14.1. The van der Waals surface area contributed by atoms with Gasteiger partial charge in [0, 0.05) is 9.13 Å². The van der Waals surface area contributed by atoms with Crippen LogP contribution in [0, 0.1) is 3.57 Å². The molecule has 0 unspecified atom stereocenters. The number of thioether (sulfide) groups is 1. The molecule has 1 aromatic heterocycles. The Hall–Kier alpha value is -0.270. The van der Waals surface area contributed by atoms with Gasteiger partial charge in [0.1, 0.15) is 0 Å². The third-order valence-electron chi connectivity index (χ3n) is 1.83. The minimum absolute atomic E-state index is 0.686. The molecule has 1 N–H and O–H groups in total. The van der Waals surface area contributed by atoms with Gasteiger partial charge in [-0.2, -0.15) is 0 Å². The van der Waals surface area contributed by atoms with Crippen molar-refractivity contribution >= 4 is 46.0 Å². The van der Waals surface area contributed by atoms with E-state index in [1.807, 2.05) is 24.5 Å². The lowest BCUT2D eigenvalue weighted by Gasteiger charge is -1.99. The molecule has 78 valence electrons. The zero-order valence-electron chi connectivity index (χ0n) is 7.79. The zero-order valence-corrected chi connectivity index (χ0v) is 11.5. The van der Waals surface area contributed by atoms with Gasteiger partial charge in [-0.3, -0.25) is 5.10 Å². The summed E-state index contributed by atoms with van der Waals surface area (Å²) in [5, 5.41) is 8.31. The highest BCUT2D eigenvalue weighted by atomic mass is 127. The Kier molecular flexibility index (Phi) is 3.53. The number of H-pyrrole nitrogens is 1. The van der Waals surface area contributed by atoms with Crippen LogP contribution in [0.4, 0.5) is 0 Å². The highest BCUT2D eigenvalue weighted by Gasteiger charge is 2.08. The molecule has 2 aromatic rings. The van der Waals surface area contributed by atoms with E-state index in [0.29, 0.717) is 10.8 Å². The van der Waals surface area contributed by atoms with Crippen molar-refractivity contribution < 1.29 is 0 Å². The van der Waals surface area contributed by atoms with Crippen LogP contribution in [0.25, 0.3) is 11.4 Å². The van der Waals surface area contributed by atoms with E-state index in [0.717, 1.165) is 14.3 Å². The molecule has 3 nitrogen and oxygen atoms in total. The van der Waals surface area contributed by atoms with Crippen LogP contribution in [0.5, 0.6) is 0 Å². The maximum atomic E-state index is 6.12. The molecule has 6 heteroatoms. The van der Waals surface area contributed by atoms with Crippen LogP contribution < -0.4 is 0 Å². The number of hydrogen-bond donors (Lipinski definition) is 1. The number of aromatic amines is 1. The number of hydrogen-bond acceptors (Lipinski definition) is 3. The van der Waals surface area contributed by atoms with E-state index in [2.05, 4.69) is 37.8 Å². The predicted octanol–water partition coefficient (Wildman–Crippen LogP) is 3.45. The SMILES string of the molecule is CSc1n[nH]c(-c2ccc(I)cc2Cl)n1. The van der Waals surface area contributed by atoms with Gasteiger partial charge in [-0.05, 0) is 47.0 Å². The molecule has 1 aromatic carbocycles. The maximum absolute atomic E-state index is 6.12. The average molecular weight is 352 g/mol. The van der Waals surface area contributed by atoms with Gasteiger partial charge in [0.25, 0.3) is 0 Å². The summed E-state index contributed by atoms with van der Waals surface area (Å²) in [7, 11) is 0. The van der Waals surface area contributed by atoms with E-state index in [1.165, 1.54) is 11.8 Å². The van der Waals surface area contributed by atoms with E-state index in [4.69, 9.17) is 11.6 Å². The molecule has 0 radical (unpaired) electrons. The van der Waals surface area contributed by atoms with Crippen molar-refractivity contribution in [2.45, 2.75) is 5.16 Å². The van der Waals surface area contributed by atoms with Gasteiger partial charge in [0.05, 0.1) is 5.02 Å². The third kappa shape index (κ3) is 2.46. The summed E-state index contributed by atoms with van der Waals surface area (Å²) < 4.78 is 1.10. The fourth-order valence-electron chi connectivity index (χ4n) is 1.14. The Bertz CT molecular complexity index is 486. The summed E-state index contributed by atoms with van der Waals surface area (Å²) in [5.74, 6) is 0.709. The summed E-state index contributed by atoms with van der Waals surface area (Å²) >= 11 is 9.83. The van der Waals surface area contributed by atoms with Crippen LogP contribution in [-0.2, 0) is 0 Å². The van der Waals surface area contributed by atoms with Gasteiger partial charge >= 0.3 is 0 Å². The molecule has 0 fully saturated rings. The van der Waals surface area contributed by atoms with Crippen LogP contribution in [0.1, 0.15) is 0 Å². The first-order chi connectivity index (χ1) is 7.20. The number of benzene rings is 1. The van der Waals surface area contributed by atoms with E-state index in [9.17, 15) is 0 Å². The zero-order chi connectivity index (χ0) is 10.8. The first-order valence-electron chi connectivity index (χ1n) is 4.12. The molecule has 0 saturated heterocycles. The first-order valence-corrected chi connectivity index (χ1v) is 6.80. The fraction of sp³-hybridized carbons (Fsp3) is 0.111. The Morgan fingerprint density at radius 2 is 2.27 bits per heavy atom. The smallest absolute Gasteiger partial charge is 0.208 e. The Morgan fingerprint density at radius 3 is 2.87 bits per heavy atom. The molecular formula is C9H7ClIN3S. The molecule has 2 rings (SSSR count). The number of aromatic nitrogens is 3. The summed E-state index contributed by atoms with van der Waals surface area (Å²) in [5.41, 5.74) is 0.880. The van der Waals surface area contributed by atoms with Gasteiger partial charge in [-0.15, -0.1) is 5.10 Å². The van der Waals surface area contributed by atoms with E-state index < -0.39 is 0 Å². The van der Waals surface area contributed by atoms with Crippen molar-refractivity contribution in [1.29, 1.82) is 0 Å². The number of rotatable bonds is 2. The molecule has 0 aliphatic rings. The number of halogens is 2. The van der Waals surface area contributed by atoms with Crippen molar-refractivity contribution in [3.8, 4) is 11.4 Å². The van der Waals surface area contributed by atoms with Gasteiger partial charge in [0.2, 0.25) is 5.16 Å². The van der Waals surface area contributed by atoms with Crippen LogP contribution in [0.15, 0.2) is 23.4 Å². The van der Waals surface area contributed by atoms with Crippen molar-refractivity contribution in [3.63, 3.8) is 0 Å². The minimum Gasteiger partial charge on any atom is -0.258 e. The standard InChI is InChI=1S/C9H7ClIN3S/c1-15-9-12-8(13-14-9)6-3-2-5(11)4-7(6)10/h2-4H,1H3,(H,12,13,14). The normalized spacial score (nSPS) is 10.6. The molecule has 1 heterocycles. The number of nitrogens with zero attached hydrogens (tertiary/aromatic N) is 2. The van der Waals surface area contributed by atoms with E-state index in [-0.39, 0.29) is 0 Å². The third-order valence-corrected chi connectivity index (χ3v) is 3.37. The summed E-state index contributed by atoms with van der Waals surface area (Å²) in [6.45, 7) is 0. The molecule has 15 heavy (non-hydrogen) atoms. The lowest BCUT2D eigenvalue weighted by atomic mass is 10.2. The monoisotopic (exact) mass is 351 g/mol.